The van der Waals surface area contributed by atoms with Gasteiger partial charge in [0.05, 0.1) is 23.1 Å². The Morgan fingerprint density at radius 1 is 1.19 bits per heavy atom. The third-order valence-corrected chi connectivity index (χ3v) is 6.67. The summed E-state index contributed by atoms with van der Waals surface area (Å²) in [7, 11) is 4.05. The lowest BCUT2D eigenvalue weighted by molar-refractivity contribution is -0.137. The van der Waals surface area contributed by atoms with Gasteiger partial charge in [0.15, 0.2) is 0 Å². The fourth-order valence-electron chi connectivity index (χ4n) is 5.61. The van der Waals surface area contributed by atoms with Crippen molar-refractivity contribution in [1.82, 2.24) is 4.90 Å². The van der Waals surface area contributed by atoms with Gasteiger partial charge in [0, 0.05) is 5.92 Å². The molecule has 0 aromatic heterocycles. The highest BCUT2D eigenvalue weighted by molar-refractivity contribution is 5.83. The molecule has 27 heavy (non-hydrogen) atoms. The van der Waals surface area contributed by atoms with Crippen molar-refractivity contribution in [2.75, 3.05) is 20.7 Å². The van der Waals surface area contributed by atoms with Crippen LogP contribution in [0.5, 0.6) is 0 Å². The molecule has 2 bridgehead atoms. The molecule has 0 heterocycles. The van der Waals surface area contributed by atoms with Crippen LogP contribution in [-0.2, 0) is 10.9 Å². The number of hydrogen-bond donors (Lipinski definition) is 0. The molecule has 0 aliphatic heterocycles. The fourth-order valence-corrected chi connectivity index (χ4v) is 5.61. The zero-order chi connectivity index (χ0) is 19.4. The highest BCUT2D eigenvalue weighted by Crippen LogP contribution is 2.67. The van der Waals surface area contributed by atoms with E-state index < -0.39 is 17.3 Å². The predicted molar refractivity (Wildman–Crippen MR) is 99.9 cm³/mol. The van der Waals surface area contributed by atoms with Gasteiger partial charge in [0.25, 0.3) is 0 Å². The number of nitrogens with zero attached hydrogens (tertiary/aromatic N) is 1. The van der Waals surface area contributed by atoms with Crippen molar-refractivity contribution in [3.8, 4) is 0 Å². The normalized spacial score (nSPS) is 32.3. The molecule has 4 rings (SSSR count). The molecule has 0 saturated heterocycles. The van der Waals surface area contributed by atoms with E-state index in [4.69, 9.17) is 4.74 Å². The Bertz CT molecular complexity index is 810. The molecule has 0 spiro atoms. The second-order valence-electron chi connectivity index (χ2n) is 8.14. The third kappa shape index (κ3) is 2.50. The quantitative estimate of drug-likeness (QED) is 0.686. The van der Waals surface area contributed by atoms with Gasteiger partial charge in [0.2, 0.25) is 0 Å². The van der Waals surface area contributed by atoms with Crippen LogP contribution in [0.15, 0.2) is 42.2 Å². The van der Waals surface area contributed by atoms with Crippen LogP contribution in [0.25, 0.3) is 5.57 Å². The van der Waals surface area contributed by atoms with E-state index in [0.717, 1.165) is 43.1 Å². The minimum Gasteiger partial charge on any atom is -0.498 e. The summed E-state index contributed by atoms with van der Waals surface area (Å²) in [5.41, 5.74) is 0.483. The summed E-state index contributed by atoms with van der Waals surface area (Å²) >= 11 is 0. The summed E-state index contributed by atoms with van der Waals surface area (Å²) in [6, 6.07) is 5.77. The molecule has 0 unspecified atom stereocenters. The van der Waals surface area contributed by atoms with E-state index in [0.29, 0.717) is 18.1 Å². The van der Waals surface area contributed by atoms with Crippen LogP contribution in [0.4, 0.5) is 13.2 Å². The van der Waals surface area contributed by atoms with Crippen molar-refractivity contribution in [1.29, 1.82) is 0 Å². The van der Waals surface area contributed by atoms with Gasteiger partial charge in [-0.3, -0.25) is 4.90 Å². The molecule has 0 radical (unpaired) electrons. The van der Waals surface area contributed by atoms with Crippen LogP contribution in [-0.4, -0.2) is 31.1 Å². The SMILES string of the molecule is CCOC1=C[C@]2(N(C)C)C(c3cccc(C(F)(F)F)c3)=C[C@]13CCCC[C@@H]32. The van der Waals surface area contributed by atoms with Crippen LogP contribution in [0.3, 0.4) is 0 Å². The van der Waals surface area contributed by atoms with Crippen molar-refractivity contribution < 1.29 is 17.9 Å². The summed E-state index contributed by atoms with van der Waals surface area (Å²) in [6.07, 6.45) is 4.43. The number of likely N-dealkylation sites (N-methyl/N-ethyl adjacent to an activating group) is 1. The van der Waals surface area contributed by atoms with E-state index in [9.17, 15) is 13.2 Å². The van der Waals surface area contributed by atoms with Crippen molar-refractivity contribution in [3.05, 3.63) is 53.3 Å². The molecule has 1 saturated carbocycles. The second-order valence-corrected chi connectivity index (χ2v) is 8.14. The number of ether oxygens (including phenoxy) is 1. The smallest absolute Gasteiger partial charge is 0.416 e. The summed E-state index contributed by atoms with van der Waals surface area (Å²) in [5, 5.41) is 0. The van der Waals surface area contributed by atoms with Crippen molar-refractivity contribution in [2.45, 2.75) is 44.3 Å². The first kappa shape index (κ1) is 18.6. The van der Waals surface area contributed by atoms with Gasteiger partial charge in [-0.05, 0) is 63.2 Å². The zero-order valence-corrected chi connectivity index (χ0v) is 16.1. The Labute approximate surface area is 158 Å². The average Bonchev–Trinajstić information content (AvgIpc) is 3.09. The maximum Gasteiger partial charge on any atom is 0.416 e. The molecule has 0 amide bonds. The van der Waals surface area contributed by atoms with Gasteiger partial charge in [-0.2, -0.15) is 13.2 Å². The van der Waals surface area contributed by atoms with Crippen LogP contribution >= 0.6 is 0 Å². The van der Waals surface area contributed by atoms with E-state index in [1.165, 1.54) is 12.1 Å². The summed E-state index contributed by atoms with van der Waals surface area (Å²) < 4.78 is 45.9. The van der Waals surface area contributed by atoms with Gasteiger partial charge in [-0.25, -0.2) is 0 Å². The van der Waals surface area contributed by atoms with Crippen LogP contribution in [0, 0.1) is 11.3 Å². The van der Waals surface area contributed by atoms with Gasteiger partial charge >= 0.3 is 6.18 Å². The Balaban J connectivity index is 1.88. The first-order chi connectivity index (χ1) is 12.8. The van der Waals surface area contributed by atoms with Gasteiger partial charge in [-0.15, -0.1) is 0 Å². The zero-order valence-electron chi connectivity index (χ0n) is 16.1. The number of halogens is 3. The summed E-state index contributed by atoms with van der Waals surface area (Å²) in [4.78, 5) is 2.17. The van der Waals surface area contributed by atoms with Gasteiger partial charge in [-0.1, -0.05) is 31.1 Å². The molecule has 3 atom stereocenters. The van der Waals surface area contributed by atoms with E-state index in [1.54, 1.807) is 0 Å². The molecule has 1 fully saturated rings. The molecule has 3 aliphatic carbocycles. The molecular weight excluding hydrogens is 351 g/mol. The fraction of sp³-hybridized carbons (Fsp3) is 0.545. The number of alkyl halides is 3. The van der Waals surface area contributed by atoms with Crippen molar-refractivity contribution in [2.24, 2.45) is 11.3 Å². The monoisotopic (exact) mass is 377 g/mol. The van der Waals surface area contributed by atoms with Crippen LogP contribution in [0.1, 0.15) is 43.7 Å². The molecule has 5 heteroatoms. The minimum atomic E-state index is -4.34. The lowest BCUT2D eigenvalue weighted by Crippen LogP contribution is -2.48. The Morgan fingerprint density at radius 2 is 1.96 bits per heavy atom. The molecule has 1 aromatic rings. The molecule has 146 valence electrons. The molecule has 2 nitrogen and oxygen atoms in total. The summed E-state index contributed by atoms with van der Waals surface area (Å²) in [5.74, 6) is 1.33. The van der Waals surface area contributed by atoms with Gasteiger partial charge in [0.1, 0.15) is 5.76 Å². The van der Waals surface area contributed by atoms with Crippen molar-refractivity contribution in [3.63, 3.8) is 0 Å². The number of hydrogen-bond acceptors (Lipinski definition) is 2. The Morgan fingerprint density at radius 3 is 2.63 bits per heavy atom. The predicted octanol–water partition coefficient (Wildman–Crippen LogP) is 5.51. The van der Waals surface area contributed by atoms with E-state index >= 15 is 0 Å². The highest BCUT2D eigenvalue weighted by Gasteiger charge is 2.65. The number of rotatable bonds is 4. The first-order valence-electron chi connectivity index (χ1n) is 9.70. The van der Waals surface area contributed by atoms with Crippen molar-refractivity contribution >= 4 is 5.57 Å². The molecule has 3 aliphatic rings. The largest absolute Gasteiger partial charge is 0.498 e. The maximum atomic E-state index is 13.3. The molecule has 0 N–H and O–H groups in total. The van der Waals surface area contributed by atoms with Crippen LogP contribution < -0.4 is 0 Å². The number of benzene rings is 1. The topological polar surface area (TPSA) is 12.5 Å². The Kier molecular flexibility index (Phi) is 4.22. The standard InChI is InChI=1S/C22H26F3NO/c1-4-27-19-14-21(26(2)3)17(13-20(19)11-6-5-10-18(20)21)15-8-7-9-16(12-15)22(23,24)25/h7-9,12-14,18H,4-6,10-11H2,1-3H3/t18-,20-,21-/m0/s1. The van der Waals surface area contributed by atoms with Gasteiger partial charge < -0.3 is 4.74 Å². The minimum absolute atomic E-state index is 0.178. The third-order valence-electron chi connectivity index (χ3n) is 6.67. The second kappa shape index (κ2) is 6.13. The Hall–Kier alpha value is -1.75. The van der Waals surface area contributed by atoms with E-state index in [1.807, 2.05) is 27.1 Å². The number of allylic oxidation sites excluding steroid dienone is 1. The lowest BCUT2D eigenvalue weighted by atomic mass is 9.67. The van der Waals surface area contributed by atoms with E-state index in [-0.39, 0.29) is 5.41 Å². The molecule has 1 aromatic carbocycles. The van der Waals surface area contributed by atoms with Crippen LogP contribution in [0.2, 0.25) is 0 Å². The average molecular weight is 377 g/mol. The lowest BCUT2D eigenvalue weighted by Gasteiger charge is -2.43. The first-order valence-corrected chi connectivity index (χ1v) is 9.70. The maximum absolute atomic E-state index is 13.3. The van der Waals surface area contributed by atoms with E-state index in [2.05, 4.69) is 17.1 Å². The summed E-state index contributed by atoms with van der Waals surface area (Å²) in [6.45, 7) is 2.59. The highest BCUT2D eigenvalue weighted by atomic mass is 19.4. The molecular formula is C22H26F3NO.